The molecule has 0 bridgehead atoms. The van der Waals surface area contributed by atoms with Crippen molar-refractivity contribution in [3.8, 4) is 12.1 Å². The van der Waals surface area contributed by atoms with E-state index in [0.29, 0.717) is 36.8 Å². The van der Waals surface area contributed by atoms with Crippen molar-refractivity contribution in [1.29, 1.82) is 10.5 Å². The van der Waals surface area contributed by atoms with E-state index < -0.39 is 11.0 Å². The van der Waals surface area contributed by atoms with Gasteiger partial charge < -0.3 is 19.4 Å². The highest BCUT2D eigenvalue weighted by molar-refractivity contribution is 5.75. The van der Waals surface area contributed by atoms with E-state index >= 15 is 0 Å². The van der Waals surface area contributed by atoms with Crippen LogP contribution in [0.4, 0.5) is 22.2 Å². The minimum atomic E-state index is -0.565. The van der Waals surface area contributed by atoms with Crippen LogP contribution in [0.25, 0.3) is 0 Å². The molecule has 0 saturated carbocycles. The fraction of sp³-hybridized carbons (Fsp3) is 0.538. The fourth-order valence-corrected chi connectivity index (χ4v) is 4.97. The SMILES string of the molecule is C[C@@H]1CN(c2ncnc3c2[C@@](C)(CC#N)CN3c2cc(C#N)ccn2)[C@@H](C)CN1C(=O)OC(C)(C)C. The van der Waals surface area contributed by atoms with E-state index in [-0.39, 0.29) is 24.6 Å². The molecule has 0 aromatic carbocycles. The molecule has 1 amide bonds. The summed E-state index contributed by atoms with van der Waals surface area (Å²) in [6, 6.07) is 7.75. The van der Waals surface area contributed by atoms with Crippen molar-refractivity contribution in [3.63, 3.8) is 0 Å². The van der Waals surface area contributed by atoms with Gasteiger partial charge in [-0.3, -0.25) is 0 Å². The van der Waals surface area contributed by atoms with Gasteiger partial charge in [0.15, 0.2) is 0 Å². The minimum Gasteiger partial charge on any atom is -0.444 e. The lowest BCUT2D eigenvalue weighted by Gasteiger charge is -2.45. The number of aromatic nitrogens is 3. The zero-order chi connectivity index (χ0) is 26.3. The molecule has 10 heteroatoms. The third-order valence-electron chi connectivity index (χ3n) is 6.68. The average Bonchev–Trinajstić information content (AvgIpc) is 3.12. The van der Waals surface area contributed by atoms with Crippen molar-refractivity contribution < 1.29 is 9.53 Å². The van der Waals surface area contributed by atoms with Crippen molar-refractivity contribution in [1.82, 2.24) is 19.9 Å². The third kappa shape index (κ3) is 4.64. The Morgan fingerprint density at radius 3 is 2.56 bits per heavy atom. The summed E-state index contributed by atoms with van der Waals surface area (Å²) in [4.78, 5) is 32.5. The van der Waals surface area contributed by atoms with Crippen LogP contribution in [0.15, 0.2) is 24.7 Å². The summed E-state index contributed by atoms with van der Waals surface area (Å²) in [6.45, 7) is 13.2. The van der Waals surface area contributed by atoms with Crippen LogP contribution in [0.1, 0.15) is 59.1 Å². The molecule has 4 rings (SSSR count). The largest absolute Gasteiger partial charge is 0.444 e. The molecule has 2 aromatic heterocycles. The van der Waals surface area contributed by atoms with Crippen molar-refractivity contribution >= 4 is 23.5 Å². The van der Waals surface area contributed by atoms with Crippen molar-refractivity contribution in [2.24, 2.45) is 0 Å². The zero-order valence-electron chi connectivity index (χ0n) is 21.7. The smallest absolute Gasteiger partial charge is 0.410 e. The van der Waals surface area contributed by atoms with Crippen LogP contribution in [-0.2, 0) is 10.2 Å². The number of piperazine rings is 1. The first-order valence-electron chi connectivity index (χ1n) is 12.1. The van der Waals surface area contributed by atoms with Crippen LogP contribution in [0, 0.1) is 22.7 Å². The summed E-state index contributed by atoms with van der Waals surface area (Å²) in [5.41, 5.74) is 0.284. The second-order valence-corrected chi connectivity index (χ2v) is 10.9. The highest BCUT2D eigenvalue weighted by Crippen LogP contribution is 2.48. The lowest BCUT2D eigenvalue weighted by molar-refractivity contribution is 0.0129. The van der Waals surface area contributed by atoms with Crippen molar-refractivity contribution in [2.75, 3.05) is 29.4 Å². The molecule has 1 saturated heterocycles. The van der Waals surface area contributed by atoms with E-state index in [2.05, 4.69) is 33.9 Å². The molecule has 188 valence electrons. The highest BCUT2D eigenvalue weighted by Gasteiger charge is 2.46. The number of hydrogen-bond donors (Lipinski definition) is 0. The summed E-state index contributed by atoms with van der Waals surface area (Å²) in [5, 5.41) is 19.1. The lowest BCUT2D eigenvalue weighted by Crippen LogP contribution is -2.59. The molecule has 3 atom stereocenters. The number of ether oxygens (including phenoxy) is 1. The van der Waals surface area contributed by atoms with Gasteiger partial charge in [0, 0.05) is 55.3 Å². The monoisotopic (exact) mass is 488 g/mol. The molecule has 2 aliphatic rings. The second kappa shape index (κ2) is 9.27. The van der Waals surface area contributed by atoms with E-state index in [1.165, 1.54) is 6.33 Å². The number of carbonyl (C=O) groups is 1. The molecule has 0 radical (unpaired) electrons. The van der Waals surface area contributed by atoms with Gasteiger partial charge in [-0.25, -0.2) is 19.7 Å². The van der Waals surface area contributed by atoms with E-state index in [9.17, 15) is 15.3 Å². The molecular weight excluding hydrogens is 456 g/mol. The molecule has 4 heterocycles. The Morgan fingerprint density at radius 2 is 1.89 bits per heavy atom. The molecule has 0 aliphatic carbocycles. The van der Waals surface area contributed by atoms with E-state index in [0.717, 1.165) is 11.4 Å². The Hall–Kier alpha value is -3.92. The number of nitrogens with zero attached hydrogens (tertiary/aromatic N) is 8. The van der Waals surface area contributed by atoms with E-state index in [1.54, 1.807) is 23.2 Å². The summed E-state index contributed by atoms with van der Waals surface area (Å²) in [5.74, 6) is 2.06. The number of carbonyl (C=O) groups excluding carboxylic acids is 1. The molecule has 2 aliphatic heterocycles. The quantitative estimate of drug-likeness (QED) is 0.633. The maximum atomic E-state index is 12.8. The van der Waals surface area contributed by atoms with Gasteiger partial charge in [0.05, 0.1) is 17.7 Å². The van der Waals surface area contributed by atoms with Gasteiger partial charge in [-0.05, 0) is 46.8 Å². The summed E-state index contributed by atoms with van der Waals surface area (Å²) < 4.78 is 5.63. The van der Waals surface area contributed by atoms with Gasteiger partial charge in [0.2, 0.25) is 0 Å². The molecule has 1 fully saturated rings. The Labute approximate surface area is 212 Å². The van der Waals surface area contributed by atoms with Crippen LogP contribution in [0.3, 0.4) is 0 Å². The average molecular weight is 489 g/mol. The summed E-state index contributed by atoms with van der Waals surface area (Å²) >= 11 is 0. The Balaban J connectivity index is 1.72. The topological polar surface area (TPSA) is 122 Å². The molecular formula is C26H32N8O2. The molecule has 2 aromatic rings. The number of hydrogen-bond acceptors (Lipinski definition) is 9. The van der Waals surface area contributed by atoms with Crippen molar-refractivity contribution in [3.05, 3.63) is 35.8 Å². The van der Waals surface area contributed by atoms with E-state index in [4.69, 9.17) is 9.72 Å². The molecule has 0 unspecified atom stereocenters. The number of nitriles is 2. The number of rotatable bonds is 3. The standard InChI is InChI=1S/C26H32N8O2/c1-17-14-33(24(35)36-25(3,4)5)18(2)13-32(17)22-21-23(31-16-30-22)34(15-26(21,6)8-9-27)20-11-19(12-28)7-10-29-20/h7,10-11,16-18H,8,13-15H2,1-6H3/t17-,18+,26-/m0/s1. The van der Waals surface area contributed by atoms with Gasteiger partial charge in [-0.1, -0.05) is 6.92 Å². The van der Waals surface area contributed by atoms with Gasteiger partial charge >= 0.3 is 6.09 Å². The number of pyridine rings is 1. The number of amides is 1. The molecule has 0 N–H and O–H groups in total. The Morgan fingerprint density at radius 1 is 1.17 bits per heavy atom. The predicted molar refractivity (Wildman–Crippen MR) is 135 cm³/mol. The fourth-order valence-electron chi connectivity index (χ4n) is 4.97. The molecule has 10 nitrogen and oxygen atoms in total. The highest BCUT2D eigenvalue weighted by atomic mass is 16.6. The minimum absolute atomic E-state index is 0.0341. The summed E-state index contributed by atoms with van der Waals surface area (Å²) in [7, 11) is 0. The van der Waals surface area contributed by atoms with Gasteiger partial charge in [0.1, 0.15) is 29.4 Å². The van der Waals surface area contributed by atoms with Crippen LogP contribution >= 0.6 is 0 Å². The number of fused-ring (bicyclic) bond motifs is 1. The van der Waals surface area contributed by atoms with Gasteiger partial charge in [-0.2, -0.15) is 10.5 Å². The zero-order valence-corrected chi connectivity index (χ0v) is 21.7. The maximum Gasteiger partial charge on any atom is 0.410 e. The molecule has 0 spiro atoms. The third-order valence-corrected chi connectivity index (χ3v) is 6.68. The van der Waals surface area contributed by atoms with Gasteiger partial charge in [-0.15, -0.1) is 0 Å². The predicted octanol–water partition coefficient (Wildman–Crippen LogP) is 3.90. The van der Waals surface area contributed by atoms with E-state index in [1.807, 2.05) is 39.5 Å². The van der Waals surface area contributed by atoms with Crippen LogP contribution in [-0.4, -0.2) is 63.3 Å². The van der Waals surface area contributed by atoms with Crippen LogP contribution in [0.5, 0.6) is 0 Å². The number of anilines is 3. The molecule has 36 heavy (non-hydrogen) atoms. The first-order valence-corrected chi connectivity index (χ1v) is 12.1. The van der Waals surface area contributed by atoms with Crippen LogP contribution in [0.2, 0.25) is 0 Å². The first kappa shape index (κ1) is 25.2. The Bertz CT molecular complexity index is 1240. The second-order valence-electron chi connectivity index (χ2n) is 10.9. The lowest BCUT2D eigenvalue weighted by atomic mass is 9.82. The maximum absolute atomic E-state index is 12.8. The van der Waals surface area contributed by atoms with Crippen LogP contribution < -0.4 is 9.80 Å². The van der Waals surface area contributed by atoms with Crippen molar-refractivity contribution in [2.45, 2.75) is 71.1 Å². The van der Waals surface area contributed by atoms with Gasteiger partial charge in [0.25, 0.3) is 0 Å². The Kier molecular flexibility index (Phi) is 6.48. The first-order chi connectivity index (χ1) is 17.0. The summed E-state index contributed by atoms with van der Waals surface area (Å²) in [6.07, 6.45) is 3.09. The normalized spacial score (nSPS) is 23.6.